The summed E-state index contributed by atoms with van der Waals surface area (Å²) in [4.78, 5) is 21.9. The van der Waals surface area contributed by atoms with E-state index in [1.807, 2.05) is 0 Å². The number of amides is 1. The molecule has 0 radical (unpaired) electrons. The summed E-state index contributed by atoms with van der Waals surface area (Å²) in [7, 11) is 2.14. The molecular weight excluding hydrogens is 426 g/mol. The fraction of sp³-hybridized carbons (Fsp3) is 0.273. The molecule has 3 N–H and O–H groups in total. The van der Waals surface area contributed by atoms with Crippen LogP contribution in [0.1, 0.15) is 34.8 Å². The first kappa shape index (κ1) is 23.9. The molecule has 1 saturated heterocycles. The summed E-state index contributed by atoms with van der Waals surface area (Å²) in [5.74, 6) is -0.382. The van der Waals surface area contributed by atoms with Gasteiger partial charge in [-0.2, -0.15) is 0 Å². The van der Waals surface area contributed by atoms with E-state index in [0.29, 0.717) is 11.5 Å². The lowest BCUT2D eigenvalue weighted by Crippen LogP contribution is -2.29. The molecule has 3 heterocycles. The monoisotopic (exact) mass is 450 g/mol. The summed E-state index contributed by atoms with van der Waals surface area (Å²) < 4.78 is 13.4. The van der Waals surface area contributed by atoms with Crippen LogP contribution in [0.3, 0.4) is 0 Å². The number of hydrogen-bond acceptors (Lipinski definition) is 3. The van der Waals surface area contributed by atoms with E-state index < -0.39 is 5.91 Å². The number of aromatic nitrogens is 2. The van der Waals surface area contributed by atoms with Gasteiger partial charge in [0, 0.05) is 29.6 Å². The Labute approximate surface area is 187 Å². The zero-order valence-corrected chi connectivity index (χ0v) is 18.2. The molecule has 0 unspecified atom stereocenters. The van der Waals surface area contributed by atoms with Gasteiger partial charge < -0.3 is 15.6 Å². The second kappa shape index (κ2) is 10.1. The molecule has 3 aromatic rings. The minimum Gasteiger partial charge on any atom is -0.366 e. The summed E-state index contributed by atoms with van der Waals surface area (Å²) in [6.07, 6.45) is 5.28. The lowest BCUT2D eigenvalue weighted by atomic mass is 9.92. The number of nitrogens with two attached hydrogens (primary N) is 1. The van der Waals surface area contributed by atoms with Crippen LogP contribution in [-0.4, -0.2) is 40.9 Å². The number of rotatable bonds is 4. The molecule has 1 amide bonds. The van der Waals surface area contributed by atoms with Crippen LogP contribution in [-0.2, 0) is 0 Å². The van der Waals surface area contributed by atoms with E-state index in [0.717, 1.165) is 54.0 Å². The molecule has 4 rings (SSSR count). The van der Waals surface area contributed by atoms with E-state index in [4.69, 9.17) is 5.73 Å². The fourth-order valence-corrected chi connectivity index (χ4v) is 3.90. The molecule has 8 heteroatoms. The summed E-state index contributed by atoms with van der Waals surface area (Å²) in [6, 6.07) is 10.3. The Balaban J connectivity index is 0.00000160. The van der Waals surface area contributed by atoms with Crippen LogP contribution in [0.15, 0.2) is 48.8 Å². The van der Waals surface area contributed by atoms with E-state index >= 15 is 0 Å². The number of aromatic amines is 1. The summed E-state index contributed by atoms with van der Waals surface area (Å²) in [5, 5.41) is 0. The fourth-order valence-electron chi connectivity index (χ4n) is 3.90. The summed E-state index contributed by atoms with van der Waals surface area (Å²) in [5.41, 5.74) is 10.4. The third-order valence-electron chi connectivity index (χ3n) is 5.51. The zero-order chi connectivity index (χ0) is 19.7. The highest BCUT2D eigenvalue weighted by Crippen LogP contribution is 2.38. The van der Waals surface area contributed by atoms with Crippen LogP contribution in [0.5, 0.6) is 0 Å². The molecule has 1 fully saturated rings. The predicted molar refractivity (Wildman–Crippen MR) is 122 cm³/mol. The van der Waals surface area contributed by atoms with Crippen LogP contribution in [0.4, 0.5) is 4.39 Å². The Kier molecular flexibility index (Phi) is 8.01. The average molecular weight is 451 g/mol. The molecule has 30 heavy (non-hydrogen) atoms. The molecular formula is C22H25Cl2FN4O. The Hall–Kier alpha value is -2.41. The van der Waals surface area contributed by atoms with Crippen molar-refractivity contribution in [3.05, 3.63) is 65.9 Å². The maximum atomic E-state index is 13.4. The normalized spacial score (nSPS) is 14.6. The number of carbonyl (C=O) groups is 1. The molecule has 0 bridgehead atoms. The number of likely N-dealkylation sites (tertiary alicyclic amines) is 1. The van der Waals surface area contributed by atoms with Crippen molar-refractivity contribution in [2.24, 2.45) is 5.73 Å². The van der Waals surface area contributed by atoms with Gasteiger partial charge in [-0.25, -0.2) is 4.39 Å². The quantitative estimate of drug-likeness (QED) is 0.607. The third-order valence-corrected chi connectivity index (χ3v) is 5.51. The van der Waals surface area contributed by atoms with Gasteiger partial charge in [0.05, 0.1) is 11.3 Å². The summed E-state index contributed by atoms with van der Waals surface area (Å²) in [6.45, 7) is 2.10. The molecule has 5 nitrogen and oxygen atoms in total. The van der Waals surface area contributed by atoms with Crippen molar-refractivity contribution in [2.75, 3.05) is 20.1 Å². The number of carbonyl (C=O) groups excluding carboxylic acids is 1. The van der Waals surface area contributed by atoms with Crippen molar-refractivity contribution >= 4 is 30.7 Å². The van der Waals surface area contributed by atoms with Crippen molar-refractivity contribution in [1.29, 1.82) is 0 Å². The van der Waals surface area contributed by atoms with E-state index in [1.165, 1.54) is 18.3 Å². The molecule has 0 atom stereocenters. The minimum absolute atomic E-state index is 0. The first-order valence-electron chi connectivity index (χ1n) is 9.44. The maximum absolute atomic E-state index is 13.4. The van der Waals surface area contributed by atoms with Gasteiger partial charge in [0.1, 0.15) is 5.82 Å². The van der Waals surface area contributed by atoms with Gasteiger partial charge in [-0.15, -0.1) is 24.8 Å². The topological polar surface area (TPSA) is 75.0 Å². The number of nitrogens with one attached hydrogen (secondary N) is 1. The Morgan fingerprint density at radius 2 is 1.80 bits per heavy atom. The first-order valence-corrected chi connectivity index (χ1v) is 9.44. The number of piperidine rings is 1. The number of nitrogens with zero attached hydrogens (tertiary/aromatic N) is 2. The Morgan fingerprint density at radius 1 is 1.13 bits per heavy atom. The number of H-pyrrole nitrogens is 1. The highest BCUT2D eigenvalue weighted by atomic mass is 35.5. The molecule has 0 aliphatic carbocycles. The highest BCUT2D eigenvalue weighted by molar-refractivity contribution is 6.01. The van der Waals surface area contributed by atoms with Crippen LogP contribution in [0.25, 0.3) is 22.4 Å². The highest BCUT2D eigenvalue weighted by Gasteiger charge is 2.23. The van der Waals surface area contributed by atoms with Gasteiger partial charge in [-0.05, 0) is 80.5 Å². The number of pyridine rings is 1. The molecule has 160 valence electrons. The van der Waals surface area contributed by atoms with Crippen molar-refractivity contribution in [2.45, 2.75) is 18.8 Å². The molecule has 0 saturated carbocycles. The largest absolute Gasteiger partial charge is 0.366 e. The molecule has 1 aliphatic heterocycles. The summed E-state index contributed by atoms with van der Waals surface area (Å²) >= 11 is 0. The predicted octanol–water partition coefficient (Wildman–Crippen LogP) is 4.63. The standard InChI is InChI=1S/C22H23FN4O.2ClH/c1-27-10-7-14(8-11-27)20-12-18(17-6-9-25-13-19(17)22(24)28)21(26-20)15-2-4-16(23)5-3-15;;/h2-6,9,12-14,26H,7-8,10-11H2,1H3,(H2,24,28);2*1H. The van der Waals surface area contributed by atoms with Gasteiger partial charge in [0.2, 0.25) is 0 Å². The smallest absolute Gasteiger partial charge is 0.250 e. The SMILES string of the molecule is CN1CCC(c2cc(-c3ccncc3C(N)=O)c(-c3ccc(F)cc3)[nH]2)CC1.Cl.Cl. The van der Waals surface area contributed by atoms with Gasteiger partial charge in [-0.1, -0.05) is 0 Å². The molecule has 1 aliphatic rings. The van der Waals surface area contributed by atoms with E-state index in [9.17, 15) is 9.18 Å². The van der Waals surface area contributed by atoms with Crippen molar-refractivity contribution in [3.63, 3.8) is 0 Å². The lowest BCUT2D eigenvalue weighted by Gasteiger charge is -2.28. The molecule has 2 aromatic heterocycles. The van der Waals surface area contributed by atoms with Crippen molar-refractivity contribution in [3.8, 4) is 22.4 Å². The van der Waals surface area contributed by atoms with Crippen LogP contribution >= 0.6 is 24.8 Å². The van der Waals surface area contributed by atoms with E-state index in [-0.39, 0.29) is 30.6 Å². The third kappa shape index (κ3) is 4.83. The van der Waals surface area contributed by atoms with Crippen LogP contribution in [0.2, 0.25) is 0 Å². The van der Waals surface area contributed by atoms with Crippen molar-refractivity contribution < 1.29 is 9.18 Å². The molecule has 0 spiro atoms. The Bertz CT molecular complexity index is 999. The van der Waals surface area contributed by atoms with Gasteiger partial charge in [-0.3, -0.25) is 9.78 Å². The van der Waals surface area contributed by atoms with Crippen LogP contribution in [0, 0.1) is 5.82 Å². The minimum atomic E-state index is -0.518. The number of primary amides is 1. The molecule has 1 aromatic carbocycles. The number of benzene rings is 1. The second-order valence-electron chi connectivity index (χ2n) is 7.38. The number of halogens is 3. The number of hydrogen-bond donors (Lipinski definition) is 2. The van der Waals surface area contributed by atoms with E-state index in [1.54, 1.807) is 24.4 Å². The van der Waals surface area contributed by atoms with Gasteiger partial charge >= 0.3 is 0 Å². The van der Waals surface area contributed by atoms with Crippen LogP contribution < -0.4 is 5.73 Å². The Morgan fingerprint density at radius 3 is 2.43 bits per heavy atom. The zero-order valence-electron chi connectivity index (χ0n) is 16.6. The van der Waals surface area contributed by atoms with E-state index in [2.05, 4.69) is 28.0 Å². The van der Waals surface area contributed by atoms with Crippen molar-refractivity contribution in [1.82, 2.24) is 14.9 Å². The second-order valence-corrected chi connectivity index (χ2v) is 7.38. The first-order chi connectivity index (χ1) is 13.5. The van der Waals surface area contributed by atoms with Gasteiger partial charge in [0.25, 0.3) is 5.91 Å². The lowest BCUT2D eigenvalue weighted by molar-refractivity contribution is 0.100. The van der Waals surface area contributed by atoms with Gasteiger partial charge in [0.15, 0.2) is 0 Å². The average Bonchev–Trinajstić information content (AvgIpc) is 3.14. The maximum Gasteiger partial charge on any atom is 0.250 e.